The molecule has 1 N–H and O–H groups in total. The number of nitrogens with one attached hydrogen (secondary N) is 1. The molecule has 26 heavy (non-hydrogen) atoms. The normalized spacial score (nSPS) is 15.2. The lowest BCUT2D eigenvalue weighted by atomic mass is 9.95. The molecule has 2 aromatic rings. The Labute approximate surface area is 152 Å². The predicted octanol–water partition coefficient (Wildman–Crippen LogP) is 2.61. The second-order valence-corrected chi connectivity index (χ2v) is 6.85. The fourth-order valence-corrected chi connectivity index (χ4v) is 3.47. The Morgan fingerprint density at radius 1 is 1.31 bits per heavy atom. The number of rotatable bonds is 6. The van der Waals surface area contributed by atoms with E-state index in [-0.39, 0.29) is 17.3 Å². The summed E-state index contributed by atoms with van der Waals surface area (Å²) in [6, 6.07) is 3.89. The van der Waals surface area contributed by atoms with E-state index in [0.29, 0.717) is 36.9 Å². The molecular weight excluding hydrogens is 332 g/mol. The van der Waals surface area contributed by atoms with Gasteiger partial charge < -0.3 is 14.4 Å². The third-order valence-electron chi connectivity index (χ3n) is 4.95. The van der Waals surface area contributed by atoms with Crippen molar-refractivity contribution in [1.29, 1.82) is 0 Å². The van der Waals surface area contributed by atoms with E-state index >= 15 is 0 Å². The Hall–Kier alpha value is -2.44. The van der Waals surface area contributed by atoms with Crippen LogP contribution >= 0.6 is 0 Å². The lowest BCUT2D eigenvalue weighted by Crippen LogP contribution is -2.36. The molecule has 0 saturated heterocycles. The van der Waals surface area contributed by atoms with Crippen LogP contribution in [-0.4, -0.2) is 26.7 Å². The monoisotopic (exact) mass is 358 g/mol. The van der Waals surface area contributed by atoms with Crippen LogP contribution in [0.4, 0.5) is 0 Å². The van der Waals surface area contributed by atoms with Crippen LogP contribution < -0.4 is 10.9 Å². The molecule has 0 unspecified atom stereocenters. The Morgan fingerprint density at radius 3 is 2.81 bits per heavy atom. The second-order valence-electron chi connectivity index (χ2n) is 6.85. The van der Waals surface area contributed by atoms with E-state index in [2.05, 4.69) is 15.5 Å². The van der Waals surface area contributed by atoms with Gasteiger partial charge in [-0.25, -0.2) is 0 Å². The first-order chi connectivity index (χ1) is 12.6. The quantitative estimate of drug-likeness (QED) is 0.857. The summed E-state index contributed by atoms with van der Waals surface area (Å²) in [5.74, 6) is 0.669. The molecule has 3 rings (SSSR count). The Balaban J connectivity index is 1.61. The third kappa shape index (κ3) is 4.20. The van der Waals surface area contributed by atoms with E-state index in [1.54, 1.807) is 10.6 Å². The number of amides is 1. The second kappa shape index (κ2) is 8.29. The highest BCUT2D eigenvalue weighted by Gasteiger charge is 2.18. The number of hydrogen-bond donors (Lipinski definition) is 1. The van der Waals surface area contributed by atoms with Crippen molar-refractivity contribution in [3.63, 3.8) is 0 Å². The molecule has 7 heteroatoms. The van der Waals surface area contributed by atoms with Gasteiger partial charge in [0.1, 0.15) is 0 Å². The average Bonchev–Trinajstić information content (AvgIpc) is 3.10. The van der Waals surface area contributed by atoms with Crippen LogP contribution in [0.15, 0.2) is 21.5 Å². The predicted molar refractivity (Wildman–Crippen MR) is 97.7 cm³/mol. The van der Waals surface area contributed by atoms with Gasteiger partial charge in [-0.2, -0.15) is 4.98 Å². The molecule has 1 fully saturated rings. The number of carbonyl (C=O) groups is 1. The molecule has 0 aromatic carbocycles. The summed E-state index contributed by atoms with van der Waals surface area (Å²) in [5.41, 5.74) is 1.18. The van der Waals surface area contributed by atoms with Crippen LogP contribution in [0.1, 0.15) is 57.0 Å². The van der Waals surface area contributed by atoms with Gasteiger partial charge in [0.15, 0.2) is 0 Å². The molecule has 1 aliphatic carbocycles. The van der Waals surface area contributed by atoms with Crippen LogP contribution in [0, 0.1) is 6.92 Å². The van der Waals surface area contributed by atoms with Crippen molar-refractivity contribution in [2.45, 2.75) is 71.4 Å². The molecule has 2 heterocycles. The maximum Gasteiger partial charge on any atom is 0.261 e. The van der Waals surface area contributed by atoms with E-state index in [1.807, 2.05) is 19.9 Å². The standard InChI is InChI=1S/C19H26N4O3/c1-3-23-13(2)9-10-15(19(23)25)18-21-17(26-22-18)12-11-16(24)20-14-7-5-4-6-8-14/h9-10,14H,3-8,11-12H2,1-2H3,(H,20,24). The average molecular weight is 358 g/mol. The van der Waals surface area contributed by atoms with Crippen molar-refractivity contribution in [3.8, 4) is 11.4 Å². The van der Waals surface area contributed by atoms with Crippen LogP contribution in [0.5, 0.6) is 0 Å². The first-order valence-electron chi connectivity index (χ1n) is 9.41. The minimum atomic E-state index is -0.130. The summed E-state index contributed by atoms with van der Waals surface area (Å²) in [6.07, 6.45) is 6.44. The number of carbonyl (C=O) groups excluding carboxylic acids is 1. The fourth-order valence-electron chi connectivity index (χ4n) is 3.47. The summed E-state index contributed by atoms with van der Waals surface area (Å²) in [4.78, 5) is 28.9. The molecule has 0 bridgehead atoms. The molecule has 140 valence electrons. The van der Waals surface area contributed by atoms with Gasteiger partial charge in [0.25, 0.3) is 5.56 Å². The maximum atomic E-state index is 12.5. The van der Waals surface area contributed by atoms with Crippen molar-refractivity contribution in [2.24, 2.45) is 0 Å². The van der Waals surface area contributed by atoms with Crippen LogP contribution in [0.2, 0.25) is 0 Å². The van der Waals surface area contributed by atoms with Crippen LogP contribution in [-0.2, 0) is 17.8 Å². The van der Waals surface area contributed by atoms with Gasteiger partial charge in [0.2, 0.25) is 17.6 Å². The van der Waals surface area contributed by atoms with E-state index in [4.69, 9.17) is 4.52 Å². The van der Waals surface area contributed by atoms with E-state index in [9.17, 15) is 9.59 Å². The largest absolute Gasteiger partial charge is 0.353 e. The van der Waals surface area contributed by atoms with Crippen molar-refractivity contribution in [1.82, 2.24) is 20.0 Å². The SMILES string of the molecule is CCn1c(C)ccc(-c2noc(CCC(=O)NC3CCCCC3)n2)c1=O. The number of nitrogens with zero attached hydrogens (tertiary/aromatic N) is 3. The molecule has 2 aromatic heterocycles. The summed E-state index contributed by atoms with van der Waals surface area (Å²) in [6.45, 7) is 4.40. The van der Waals surface area contributed by atoms with E-state index < -0.39 is 0 Å². The van der Waals surface area contributed by atoms with Crippen LogP contribution in [0.3, 0.4) is 0 Å². The van der Waals surface area contributed by atoms with Gasteiger partial charge in [0.05, 0.1) is 5.56 Å². The van der Waals surface area contributed by atoms with Crippen LogP contribution in [0.25, 0.3) is 11.4 Å². The third-order valence-corrected chi connectivity index (χ3v) is 4.95. The molecule has 0 aliphatic heterocycles. The van der Waals surface area contributed by atoms with Crippen molar-refractivity contribution in [2.75, 3.05) is 0 Å². The number of aryl methyl sites for hydroxylation is 2. The smallest absolute Gasteiger partial charge is 0.261 e. The van der Waals surface area contributed by atoms with Gasteiger partial charge >= 0.3 is 0 Å². The summed E-state index contributed by atoms with van der Waals surface area (Å²) >= 11 is 0. The summed E-state index contributed by atoms with van der Waals surface area (Å²) in [5, 5.41) is 6.99. The first-order valence-corrected chi connectivity index (χ1v) is 9.41. The Morgan fingerprint density at radius 2 is 2.08 bits per heavy atom. The maximum absolute atomic E-state index is 12.5. The molecule has 0 spiro atoms. The molecule has 1 saturated carbocycles. The highest BCUT2D eigenvalue weighted by atomic mass is 16.5. The van der Waals surface area contributed by atoms with E-state index in [0.717, 1.165) is 18.5 Å². The summed E-state index contributed by atoms with van der Waals surface area (Å²) < 4.78 is 6.90. The van der Waals surface area contributed by atoms with Gasteiger partial charge in [-0.3, -0.25) is 9.59 Å². The number of hydrogen-bond acceptors (Lipinski definition) is 5. The summed E-state index contributed by atoms with van der Waals surface area (Å²) in [7, 11) is 0. The Kier molecular flexibility index (Phi) is 5.85. The van der Waals surface area contributed by atoms with Gasteiger partial charge in [0, 0.05) is 31.1 Å². The topological polar surface area (TPSA) is 90.0 Å². The zero-order chi connectivity index (χ0) is 18.5. The lowest BCUT2D eigenvalue weighted by Gasteiger charge is -2.22. The van der Waals surface area contributed by atoms with E-state index in [1.165, 1.54) is 19.3 Å². The molecular formula is C19H26N4O3. The lowest BCUT2D eigenvalue weighted by molar-refractivity contribution is -0.122. The van der Waals surface area contributed by atoms with Gasteiger partial charge in [-0.15, -0.1) is 0 Å². The molecule has 1 aliphatic rings. The van der Waals surface area contributed by atoms with Crippen molar-refractivity contribution >= 4 is 5.91 Å². The van der Waals surface area contributed by atoms with Crippen molar-refractivity contribution < 1.29 is 9.32 Å². The number of aromatic nitrogens is 3. The van der Waals surface area contributed by atoms with Gasteiger partial charge in [-0.05, 0) is 38.8 Å². The first kappa shape index (κ1) is 18.4. The zero-order valence-corrected chi connectivity index (χ0v) is 15.5. The molecule has 0 atom stereocenters. The number of pyridine rings is 1. The Bertz CT molecular complexity index is 818. The molecule has 7 nitrogen and oxygen atoms in total. The minimum Gasteiger partial charge on any atom is -0.353 e. The molecule has 1 amide bonds. The zero-order valence-electron chi connectivity index (χ0n) is 15.5. The minimum absolute atomic E-state index is 0.0142. The fraction of sp³-hybridized carbons (Fsp3) is 0.579. The highest BCUT2D eigenvalue weighted by molar-refractivity contribution is 5.76. The molecule has 0 radical (unpaired) electrons. The van der Waals surface area contributed by atoms with Gasteiger partial charge in [-0.1, -0.05) is 24.4 Å². The van der Waals surface area contributed by atoms with Crippen molar-refractivity contribution in [3.05, 3.63) is 34.1 Å². The highest BCUT2D eigenvalue weighted by Crippen LogP contribution is 2.18.